The topological polar surface area (TPSA) is 122 Å². The first-order valence-corrected chi connectivity index (χ1v) is 11.6. The minimum atomic E-state index is -0.338. The fourth-order valence-electron chi connectivity index (χ4n) is 3.18. The van der Waals surface area contributed by atoms with Gasteiger partial charge in [-0.3, -0.25) is 9.36 Å². The number of nitrogens with one attached hydrogen (secondary N) is 1. The van der Waals surface area contributed by atoms with Gasteiger partial charge in [0, 0.05) is 11.3 Å². The van der Waals surface area contributed by atoms with E-state index in [2.05, 4.69) is 20.7 Å². The van der Waals surface area contributed by atoms with Gasteiger partial charge < -0.3 is 14.9 Å². The van der Waals surface area contributed by atoms with E-state index in [0.717, 1.165) is 22.6 Å². The highest BCUT2D eigenvalue weighted by Crippen LogP contribution is 2.29. The molecule has 35 heavy (non-hydrogen) atoms. The third-order valence-electron chi connectivity index (χ3n) is 5.01. The number of phenolic OH excluding ortho intramolecular Hbond substituents is 2. The highest BCUT2D eigenvalue weighted by atomic mass is 32.2. The summed E-state index contributed by atoms with van der Waals surface area (Å²) >= 11 is 1.23. The van der Waals surface area contributed by atoms with E-state index in [1.165, 1.54) is 30.1 Å². The fraction of sp³-hybridized carbons (Fsp3) is 0.120. The van der Waals surface area contributed by atoms with Crippen molar-refractivity contribution in [3.8, 4) is 34.3 Å². The molecule has 9 nitrogen and oxygen atoms in total. The van der Waals surface area contributed by atoms with Crippen LogP contribution >= 0.6 is 11.8 Å². The summed E-state index contributed by atoms with van der Waals surface area (Å²) in [6.45, 7) is 2.02. The normalized spacial score (nSPS) is 11.0. The molecule has 1 amide bonds. The van der Waals surface area contributed by atoms with Crippen molar-refractivity contribution in [3.05, 3.63) is 77.9 Å². The van der Waals surface area contributed by atoms with Gasteiger partial charge in [-0.25, -0.2) is 5.43 Å². The maximum absolute atomic E-state index is 12.4. The number of rotatable bonds is 8. The largest absolute Gasteiger partial charge is 0.504 e. The molecule has 4 aromatic rings. The van der Waals surface area contributed by atoms with Gasteiger partial charge in [-0.1, -0.05) is 41.6 Å². The number of amides is 1. The molecular weight excluding hydrogens is 466 g/mol. The van der Waals surface area contributed by atoms with Crippen LogP contribution in [0.2, 0.25) is 0 Å². The van der Waals surface area contributed by atoms with Crippen LogP contribution in [0.5, 0.6) is 17.2 Å². The molecule has 0 spiro atoms. The standard InChI is InChI=1S/C25H23N5O4S/c1-16-3-6-18(7-4-16)24-28-29-25(30(24)19-8-10-20(34-2)11-9-19)35-15-23(33)27-26-14-17-5-12-21(31)22(32)13-17/h3-14,31-32H,15H2,1-2H3,(H,27,33). The Morgan fingerprint density at radius 1 is 1.06 bits per heavy atom. The molecule has 0 aliphatic heterocycles. The molecule has 0 saturated heterocycles. The predicted molar refractivity (Wildman–Crippen MR) is 134 cm³/mol. The Hall–Kier alpha value is -4.31. The maximum Gasteiger partial charge on any atom is 0.250 e. The number of aromatic nitrogens is 3. The van der Waals surface area contributed by atoms with Gasteiger partial charge >= 0.3 is 0 Å². The molecule has 0 bridgehead atoms. The van der Waals surface area contributed by atoms with Gasteiger partial charge in [0.1, 0.15) is 5.75 Å². The van der Waals surface area contributed by atoms with Crippen molar-refractivity contribution in [1.82, 2.24) is 20.2 Å². The molecule has 0 atom stereocenters. The summed E-state index contributed by atoms with van der Waals surface area (Å²) in [4.78, 5) is 12.4. The predicted octanol–water partition coefficient (Wildman–Crippen LogP) is 3.90. The average Bonchev–Trinajstić information content (AvgIpc) is 3.29. The van der Waals surface area contributed by atoms with E-state index in [9.17, 15) is 15.0 Å². The highest BCUT2D eigenvalue weighted by Gasteiger charge is 2.17. The quantitative estimate of drug-likeness (QED) is 0.148. The number of carbonyl (C=O) groups excluding carboxylic acids is 1. The number of hydrazone groups is 1. The fourth-order valence-corrected chi connectivity index (χ4v) is 3.92. The molecule has 0 radical (unpaired) electrons. The molecule has 0 unspecified atom stereocenters. The van der Waals surface area contributed by atoms with Crippen LogP contribution in [0.3, 0.4) is 0 Å². The van der Waals surface area contributed by atoms with Gasteiger partial charge in [0.05, 0.1) is 19.1 Å². The van der Waals surface area contributed by atoms with Gasteiger partial charge in [0.25, 0.3) is 5.91 Å². The van der Waals surface area contributed by atoms with Crippen LogP contribution in [0, 0.1) is 6.92 Å². The molecule has 3 aromatic carbocycles. The number of nitrogens with zero attached hydrogens (tertiary/aromatic N) is 4. The first-order valence-electron chi connectivity index (χ1n) is 10.6. The molecule has 0 fully saturated rings. The lowest BCUT2D eigenvalue weighted by Gasteiger charge is -2.11. The van der Waals surface area contributed by atoms with Crippen molar-refractivity contribution in [1.29, 1.82) is 0 Å². The number of methoxy groups -OCH3 is 1. The number of thioether (sulfide) groups is 1. The van der Waals surface area contributed by atoms with E-state index in [-0.39, 0.29) is 23.2 Å². The Balaban J connectivity index is 1.51. The van der Waals surface area contributed by atoms with Crippen molar-refractivity contribution in [2.75, 3.05) is 12.9 Å². The lowest BCUT2D eigenvalue weighted by molar-refractivity contribution is -0.118. The van der Waals surface area contributed by atoms with Gasteiger partial charge in [0.15, 0.2) is 22.5 Å². The third kappa shape index (κ3) is 5.79. The second kappa shape index (κ2) is 10.7. The van der Waals surface area contributed by atoms with Crippen molar-refractivity contribution in [2.45, 2.75) is 12.1 Å². The van der Waals surface area contributed by atoms with Gasteiger partial charge in [-0.2, -0.15) is 5.10 Å². The van der Waals surface area contributed by atoms with Gasteiger partial charge in [0.2, 0.25) is 0 Å². The number of hydrogen-bond acceptors (Lipinski definition) is 8. The SMILES string of the molecule is COc1ccc(-n2c(SCC(=O)NN=Cc3ccc(O)c(O)c3)nnc2-c2ccc(C)cc2)cc1. The molecular formula is C25H23N5O4S. The summed E-state index contributed by atoms with van der Waals surface area (Å²) in [6, 6.07) is 19.7. The second-order valence-corrected chi connectivity index (χ2v) is 8.48. The number of hydrogen-bond donors (Lipinski definition) is 3. The maximum atomic E-state index is 12.4. The summed E-state index contributed by atoms with van der Waals surface area (Å²) in [5.74, 6) is 0.609. The van der Waals surface area contributed by atoms with Crippen LogP contribution in [0.4, 0.5) is 0 Å². The van der Waals surface area contributed by atoms with Crippen LogP contribution in [0.25, 0.3) is 17.1 Å². The van der Waals surface area contributed by atoms with Crippen LogP contribution in [-0.2, 0) is 4.79 Å². The first-order chi connectivity index (χ1) is 16.9. The van der Waals surface area contributed by atoms with Crippen LogP contribution < -0.4 is 10.2 Å². The number of phenols is 2. The van der Waals surface area contributed by atoms with Gasteiger partial charge in [-0.15, -0.1) is 10.2 Å². The van der Waals surface area contributed by atoms with E-state index in [1.54, 1.807) is 13.2 Å². The number of ether oxygens (including phenoxy) is 1. The Kier molecular flexibility index (Phi) is 7.32. The number of carbonyl (C=O) groups is 1. The first kappa shape index (κ1) is 23.8. The summed E-state index contributed by atoms with van der Waals surface area (Å²) in [7, 11) is 1.61. The molecule has 1 aromatic heterocycles. The summed E-state index contributed by atoms with van der Waals surface area (Å²) in [5, 5.41) is 32.1. The van der Waals surface area contributed by atoms with E-state index in [4.69, 9.17) is 4.74 Å². The molecule has 10 heteroatoms. The Labute approximate surface area is 206 Å². The molecule has 0 saturated carbocycles. The van der Waals surface area contributed by atoms with E-state index in [0.29, 0.717) is 16.5 Å². The average molecular weight is 490 g/mol. The molecule has 3 N–H and O–H groups in total. The van der Waals surface area contributed by atoms with Crippen molar-refractivity contribution < 1.29 is 19.7 Å². The molecule has 0 aliphatic carbocycles. The summed E-state index contributed by atoms with van der Waals surface area (Å²) < 4.78 is 7.16. The van der Waals surface area contributed by atoms with Crippen molar-refractivity contribution in [3.63, 3.8) is 0 Å². The molecule has 0 aliphatic rings. The zero-order valence-corrected chi connectivity index (χ0v) is 19.9. The van der Waals surface area contributed by atoms with E-state index < -0.39 is 0 Å². The smallest absolute Gasteiger partial charge is 0.250 e. The third-order valence-corrected chi connectivity index (χ3v) is 5.94. The van der Waals surface area contributed by atoms with Crippen molar-refractivity contribution >= 4 is 23.9 Å². The second-order valence-electron chi connectivity index (χ2n) is 7.54. The Bertz CT molecular complexity index is 1350. The Morgan fingerprint density at radius 2 is 1.80 bits per heavy atom. The van der Waals surface area contributed by atoms with Crippen LogP contribution in [-0.4, -0.2) is 50.0 Å². The lowest BCUT2D eigenvalue weighted by atomic mass is 10.1. The van der Waals surface area contributed by atoms with Crippen LogP contribution in [0.15, 0.2) is 77.0 Å². The summed E-state index contributed by atoms with van der Waals surface area (Å²) in [5.41, 5.74) is 5.84. The van der Waals surface area contributed by atoms with Gasteiger partial charge in [-0.05, 0) is 55.0 Å². The minimum Gasteiger partial charge on any atom is -0.504 e. The molecule has 1 heterocycles. The highest BCUT2D eigenvalue weighted by molar-refractivity contribution is 7.99. The van der Waals surface area contributed by atoms with Crippen molar-refractivity contribution in [2.24, 2.45) is 5.10 Å². The van der Waals surface area contributed by atoms with E-state index in [1.807, 2.05) is 60.0 Å². The van der Waals surface area contributed by atoms with Crippen LogP contribution in [0.1, 0.15) is 11.1 Å². The monoisotopic (exact) mass is 489 g/mol. The number of aryl methyl sites for hydroxylation is 1. The minimum absolute atomic E-state index is 0.0559. The summed E-state index contributed by atoms with van der Waals surface area (Å²) in [6.07, 6.45) is 1.37. The number of benzene rings is 3. The number of aromatic hydroxyl groups is 2. The zero-order valence-electron chi connectivity index (χ0n) is 19.0. The molecule has 178 valence electrons. The van der Waals surface area contributed by atoms with E-state index >= 15 is 0 Å². The Morgan fingerprint density at radius 3 is 2.49 bits per heavy atom. The lowest BCUT2D eigenvalue weighted by Crippen LogP contribution is -2.20. The molecule has 4 rings (SSSR count). The zero-order chi connectivity index (χ0) is 24.8.